The first-order chi connectivity index (χ1) is 12.7. The third-order valence-electron chi connectivity index (χ3n) is 4.79. The van der Waals surface area contributed by atoms with Gasteiger partial charge in [0.05, 0.1) is 5.92 Å². The molecule has 2 amide bonds. The van der Waals surface area contributed by atoms with E-state index in [1.54, 1.807) is 29.4 Å². The summed E-state index contributed by atoms with van der Waals surface area (Å²) in [5, 5.41) is 3.92. The van der Waals surface area contributed by atoms with E-state index in [0.29, 0.717) is 18.8 Å². The Morgan fingerprint density at radius 2 is 1.96 bits per heavy atom. The highest BCUT2D eigenvalue weighted by molar-refractivity contribution is 5.99. The zero-order valence-electron chi connectivity index (χ0n) is 14.3. The lowest BCUT2D eigenvalue weighted by atomic mass is 9.96. The van der Waals surface area contributed by atoms with Gasteiger partial charge in [0.2, 0.25) is 5.91 Å². The van der Waals surface area contributed by atoms with E-state index in [0.717, 1.165) is 29.4 Å². The van der Waals surface area contributed by atoms with Crippen LogP contribution in [-0.2, 0) is 4.79 Å². The van der Waals surface area contributed by atoms with Crippen LogP contribution in [0.5, 0.6) is 0 Å². The molecule has 132 valence electrons. The summed E-state index contributed by atoms with van der Waals surface area (Å²) in [6.07, 6.45) is 4.89. The molecule has 1 fully saturated rings. The Morgan fingerprint density at radius 1 is 1.15 bits per heavy atom. The number of nitrogens with one attached hydrogen (secondary N) is 2. The van der Waals surface area contributed by atoms with Gasteiger partial charge >= 0.3 is 0 Å². The van der Waals surface area contributed by atoms with Crippen molar-refractivity contribution in [2.75, 3.05) is 18.4 Å². The molecule has 0 radical (unpaired) electrons. The van der Waals surface area contributed by atoms with E-state index >= 15 is 0 Å². The van der Waals surface area contributed by atoms with Gasteiger partial charge in [0.25, 0.3) is 5.91 Å². The summed E-state index contributed by atoms with van der Waals surface area (Å²) in [5.74, 6) is -0.307. The second kappa shape index (κ2) is 7.00. The van der Waals surface area contributed by atoms with E-state index in [2.05, 4.69) is 15.3 Å². The van der Waals surface area contributed by atoms with Crippen molar-refractivity contribution in [3.63, 3.8) is 0 Å². The number of likely N-dealkylation sites (tertiary alicyclic amines) is 1. The summed E-state index contributed by atoms with van der Waals surface area (Å²) >= 11 is 0. The largest absolute Gasteiger partial charge is 0.351 e. The van der Waals surface area contributed by atoms with E-state index < -0.39 is 0 Å². The van der Waals surface area contributed by atoms with E-state index in [4.69, 9.17) is 0 Å². The second-order valence-corrected chi connectivity index (χ2v) is 6.59. The Morgan fingerprint density at radius 3 is 2.77 bits per heavy atom. The lowest BCUT2D eigenvalue weighted by Crippen LogP contribution is -2.43. The molecule has 2 N–H and O–H groups in total. The molecule has 1 aliphatic rings. The molecule has 3 aromatic rings. The molecule has 2 aromatic heterocycles. The van der Waals surface area contributed by atoms with Gasteiger partial charge < -0.3 is 15.2 Å². The maximum atomic E-state index is 12.9. The predicted octanol–water partition coefficient (Wildman–Crippen LogP) is 3.05. The first-order valence-corrected chi connectivity index (χ1v) is 8.78. The molecule has 0 bridgehead atoms. The highest BCUT2D eigenvalue weighted by Crippen LogP contribution is 2.22. The Balaban J connectivity index is 1.45. The van der Waals surface area contributed by atoms with Crippen LogP contribution in [0.25, 0.3) is 10.9 Å². The van der Waals surface area contributed by atoms with E-state index in [-0.39, 0.29) is 17.7 Å². The van der Waals surface area contributed by atoms with Gasteiger partial charge in [-0.15, -0.1) is 0 Å². The minimum Gasteiger partial charge on any atom is -0.351 e. The van der Waals surface area contributed by atoms with Gasteiger partial charge in [-0.2, -0.15) is 0 Å². The fraction of sp³-hybridized carbons (Fsp3) is 0.250. The summed E-state index contributed by atoms with van der Waals surface area (Å²) in [4.78, 5) is 34.3. The van der Waals surface area contributed by atoms with E-state index in [9.17, 15) is 9.59 Å². The van der Waals surface area contributed by atoms with Crippen LogP contribution in [0.3, 0.4) is 0 Å². The lowest BCUT2D eigenvalue weighted by Gasteiger charge is -2.31. The number of nitrogens with zero attached hydrogens (tertiary/aromatic N) is 2. The number of aromatic amines is 1. The molecule has 1 aliphatic heterocycles. The highest BCUT2D eigenvalue weighted by atomic mass is 16.2. The fourth-order valence-electron chi connectivity index (χ4n) is 3.41. The molecule has 6 heteroatoms. The lowest BCUT2D eigenvalue weighted by molar-refractivity contribution is -0.121. The third-order valence-corrected chi connectivity index (χ3v) is 4.79. The minimum absolute atomic E-state index is 0.0506. The van der Waals surface area contributed by atoms with E-state index in [1.165, 1.54) is 0 Å². The summed E-state index contributed by atoms with van der Waals surface area (Å²) in [6, 6.07) is 13.2. The molecule has 26 heavy (non-hydrogen) atoms. The Hall–Kier alpha value is -3.15. The Labute approximate surface area is 151 Å². The van der Waals surface area contributed by atoms with Crippen LogP contribution in [0, 0.1) is 5.92 Å². The number of piperidine rings is 1. The van der Waals surface area contributed by atoms with Gasteiger partial charge in [-0.25, -0.2) is 0 Å². The number of pyridine rings is 1. The van der Waals surface area contributed by atoms with E-state index in [1.807, 2.05) is 30.3 Å². The van der Waals surface area contributed by atoms with Gasteiger partial charge in [-0.3, -0.25) is 14.6 Å². The molecule has 3 heterocycles. The number of fused-ring (bicyclic) bond motifs is 1. The second-order valence-electron chi connectivity index (χ2n) is 6.59. The summed E-state index contributed by atoms with van der Waals surface area (Å²) in [7, 11) is 0. The van der Waals surface area contributed by atoms with Crippen molar-refractivity contribution in [2.24, 2.45) is 5.92 Å². The molecule has 1 saturated heterocycles. The van der Waals surface area contributed by atoms with Crippen LogP contribution >= 0.6 is 0 Å². The molecule has 0 spiro atoms. The number of benzene rings is 1. The van der Waals surface area contributed by atoms with Gasteiger partial charge in [0, 0.05) is 42.1 Å². The summed E-state index contributed by atoms with van der Waals surface area (Å²) < 4.78 is 0. The maximum absolute atomic E-state index is 12.9. The predicted molar refractivity (Wildman–Crippen MR) is 99.8 cm³/mol. The minimum atomic E-state index is -0.203. The molecule has 6 nitrogen and oxygen atoms in total. The first-order valence-electron chi connectivity index (χ1n) is 8.78. The normalized spacial score (nSPS) is 17.2. The number of rotatable bonds is 3. The molecule has 0 aliphatic carbocycles. The highest BCUT2D eigenvalue weighted by Gasteiger charge is 2.29. The van der Waals surface area contributed by atoms with Crippen LogP contribution in [-0.4, -0.2) is 39.8 Å². The zero-order valence-corrected chi connectivity index (χ0v) is 14.3. The first kappa shape index (κ1) is 16.3. The fourth-order valence-corrected chi connectivity index (χ4v) is 3.41. The maximum Gasteiger partial charge on any atom is 0.270 e. The van der Waals surface area contributed by atoms with Gasteiger partial charge in [0.1, 0.15) is 5.69 Å². The van der Waals surface area contributed by atoms with Gasteiger partial charge in [-0.05, 0) is 37.1 Å². The van der Waals surface area contributed by atoms with Crippen LogP contribution in [0.15, 0.2) is 54.9 Å². The van der Waals surface area contributed by atoms with Crippen LogP contribution < -0.4 is 5.32 Å². The monoisotopic (exact) mass is 348 g/mol. The van der Waals surface area contributed by atoms with Gasteiger partial charge in [0.15, 0.2) is 0 Å². The smallest absolute Gasteiger partial charge is 0.270 e. The number of carbonyl (C=O) groups is 2. The molecule has 0 saturated carbocycles. The van der Waals surface area contributed by atoms with Crippen molar-refractivity contribution in [2.45, 2.75) is 12.8 Å². The van der Waals surface area contributed by atoms with Crippen molar-refractivity contribution >= 4 is 28.4 Å². The van der Waals surface area contributed by atoms with Crippen LogP contribution in [0.2, 0.25) is 0 Å². The topological polar surface area (TPSA) is 78.1 Å². The molecular formula is C20H20N4O2. The number of hydrogen-bond donors (Lipinski definition) is 2. The van der Waals surface area contributed by atoms with Crippen molar-refractivity contribution in [3.05, 3.63) is 60.6 Å². The average molecular weight is 348 g/mol. The summed E-state index contributed by atoms with van der Waals surface area (Å²) in [6.45, 7) is 1.11. The molecule has 4 rings (SSSR count). The van der Waals surface area contributed by atoms with Crippen molar-refractivity contribution in [1.82, 2.24) is 14.9 Å². The standard InChI is InChI=1S/C20H20N4O2/c25-19(22-16-7-9-21-10-8-16)15-5-3-11-24(13-15)20(26)18-12-14-4-1-2-6-17(14)23-18/h1-2,4,6-10,12,15,23H,3,5,11,13H2,(H,21,22,25). The number of anilines is 1. The van der Waals surface area contributed by atoms with Crippen molar-refractivity contribution in [1.29, 1.82) is 0 Å². The average Bonchev–Trinajstić information content (AvgIpc) is 3.12. The molecule has 1 aromatic carbocycles. The SMILES string of the molecule is O=C(Nc1ccncc1)C1CCCN(C(=O)c2cc3ccccc3[nH]2)C1. The number of carbonyl (C=O) groups excluding carboxylic acids is 2. The van der Waals surface area contributed by atoms with Crippen molar-refractivity contribution < 1.29 is 9.59 Å². The Bertz CT molecular complexity index is 902. The van der Waals surface area contributed by atoms with Gasteiger partial charge in [-0.1, -0.05) is 18.2 Å². The molecular weight excluding hydrogens is 328 g/mol. The van der Waals surface area contributed by atoms with Crippen LogP contribution in [0.4, 0.5) is 5.69 Å². The number of H-pyrrole nitrogens is 1. The molecule has 1 atom stereocenters. The van der Waals surface area contributed by atoms with Crippen LogP contribution in [0.1, 0.15) is 23.3 Å². The Kier molecular flexibility index (Phi) is 4.39. The third kappa shape index (κ3) is 3.31. The number of amides is 2. The summed E-state index contributed by atoms with van der Waals surface area (Å²) in [5.41, 5.74) is 2.24. The molecule has 1 unspecified atom stereocenters. The number of aromatic nitrogens is 2. The number of hydrogen-bond acceptors (Lipinski definition) is 3. The van der Waals surface area contributed by atoms with Crippen molar-refractivity contribution in [3.8, 4) is 0 Å². The number of para-hydroxylation sites is 1. The quantitative estimate of drug-likeness (QED) is 0.764. The zero-order chi connectivity index (χ0) is 17.9.